The fraction of sp³-hybridized carbons (Fsp3) is 0.357. The highest BCUT2D eigenvalue weighted by Crippen LogP contribution is 2.37. The first-order valence-electron chi connectivity index (χ1n) is 5.83. The molecule has 17 heavy (non-hydrogen) atoms. The van der Waals surface area contributed by atoms with Gasteiger partial charge in [-0.1, -0.05) is 29.8 Å². The van der Waals surface area contributed by atoms with E-state index >= 15 is 0 Å². The van der Waals surface area contributed by atoms with E-state index < -0.39 is 0 Å². The Morgan fingerprint density at radius 2 is 1.88 bits per heavy atom. The smallest absolute Gasteiger partial charge is 0.244 e. The van der Waals surface area contributed by atoms with Crippen molar-refractivity contribution in [1.29, 1.82) is 0 Å². The van der Waals surface area contributed by atoms with E-state index in [-0.39, 0.29) is 11.2 Å². The lowest BCUT2D eigenvalue weighted by molar-refractivity contribution is -0.128. The van der Waals surface area contributed by atoms with Gasteiger partial charge >= 0.3 is 0 Å². The van der Waals surface area contributed by atoms with Crippen molar-refractivity contribution in [2.24, 2.45) is 0 Å². The van der Waals surface area contributed by atoms with Gasteiger partial charge in [-0.05, 0) is 31.7 Å². The van der Waals surface area contributed by atoms with E-state index in [1.54, 1.807) is 11.8 Å². The zero-order chi connectivity index (χ0) is 12.4. The van der Waals surface area contributed by atoms with Crippen molar-refractivity contribution in [3.8, 4) is 0 Å². The Morgan fingerprint density at radius 3 is 2.47 bits per heavy atom. The summed E-state index contributed by atoms with van der Waals surface area (Å²) in [7, 11) is 0. The Kier molecular flexibility index (Phi) is 3.57. The van der Waals surface area contributed by atoms with Gasteiger partial charge in [-0.15, -0.1) is 11.8 Å². The Morgan fingerprint density at radius 1 is 1.24 bits per heavy atom. The van der Waals surface area contributed by atoms with Crippen LogP contribution in [-0.4, -0.2) is 17.4 Å². The highest BCUT2D eigenvalue weighted by atomic mass is 32.2. The summed E-state index contributed by atoms with van der Waals surface area (Å²) in [5.74, 6) is 0.196. The summed E-state index contributed by atoms with van der Waals surface area (Å²) in [6.45, 7) is 6.79. The van der Waals surface area contributed by atoms with Crippen LogP contribution >= 0.6 is 11.8 Å². The molecule has 90 valence electrons. The monoisotopic (exact) mass is 247 g/mol. The number of aryl methyl sites for hydroxylation is 1. The SMILES string of the molecule is CCN1C(=O)C(c2ccc(C)cc2)SC=C1C. The fourth-order valence-corrected chi connectivity index (χ4v) is 2.99. The van der Waals surface area contributed by atoms with E-state index in [1.807, 2.05) is 30.9 Å². The molecule has 1 aromatic rings. The van der Waals surface area contributed by atoms with Crippen LogP contribution in [0.15, 0.2) is 35.4 Å². The first-order chi connectivity index (χ1) is 8.13. The van der Waals surface area contributed by atoms with Crippen LogP contribution in [0.25, 0.3) is 0 Å². The topological polar surface area (TPSA) is 20.3 Å². The van der Waals surface area contributed by atoms with Crippen LogP contribution in [0.3, 0.4) is 0 Å². The zero-order valence-corrected chi connectivity index (χ0v) is 11.3. The molecule has 0 radical (unpaired) electrons. The van der Waals surface area contributed by atoms with Gasteiger partial charge < -0.3 is 4.90 Å². The van der Waals surface area contributed by atoms with Crippen molar-refractivity contribution in [3.05, 3.63) is 46.5 Å². The third kappa shape index (κ3) is 2.39. The Hall–Kier alpha value is -1.22. The number of carbonyl (C=O) groups is 1. The van der Waals surface area contributed by atoms with Gasteiger partial charge in [0, 0.05) is 12.2 Å². The summed E-state index contributed by atoms with van der Waals surface area (Å²) in [4.78, 5) is 14.2. The molecule has 3 heteroatoms. The molecule has 0 spiro atoms. The Balaban J connectivity index is 2.29. The summed E-state index contributed by atoms with van der Waals surface area (Å²) in [6, 6.07) is 8.22. The van der Waals surface area contributed by atoms with Crippen LogP contribution in [0.5, 0.6) is 0 Å². The van der Waals surface area contributed by atoms with Crippen molar-refractivity contribution in [2.75, 3.05) is 6.54 Å². The largest absolute Gasteiger partial charge is 0.315 e. The van der Waals surface area contributed by atoms with Gasteiger partial charge in [0.25, 0.3) is 0 Å². The molecular weight excluding hydrogens is 230 g/mol. The van der Waals surface area contributed by atoms with Gasteiger partial charge in [0.15, 0.2) is 0 Å². The van der Waals surface area contributed by atoms with Crippen LogP contribution in [0, 0.1) is 6.92 Å². The number of hydrogen-bond acceptors (Lipinski definition) is 2. The van der Waals surface area contributed by atoms with Gasteiger partial charge in [0.1, 0.15) is 5.25 Å². The number of thioether (sulfide) groups is 1. The van der Waals surface area contributed by atoms with Gasteiger partial charge in [-0.3, -0.25) is 4.79 Å². The summed E-state index contributed by atoms with van der Waals surface area (Å²) < 4.78 is 0. The summed E-state index contributed by atoms with van der Waals surface area (Å²) in [5, 5.41) is 1.99. The lowest BCUT2D eigenvalue weighted by Gasteiger charge is -2.30. The second kappa shape index (κ2) is 4.96. The quantitative estimate of drug-likeness (QED) is 0.797. The molecule has 1 aliphatic heterocycles. The van der Waals surface area contributed by atoms with Crippen molar-refractivity contribution in [3.63, 3.8) is 0 Å². The molecule has 0 saturated carbocycles. The minimum absolute atomic E-state index is 0.0840. The summed E-state index contributed by atoms with van der Waals surface area (Å²) >= 11 is 1.60. The van der Waals surface area contributed by atoms with E-state index in [2.05, 4.69) is 24.5 Å². The van der Waals surface area contributed by atoms with Crippen LogP contribution in [0.4, 0.5) is 0 Å². The molecule has 2 nitrogen and oxygen atoms in total. The Bertz CT molecular complexity index is 450. The molecule has 0 bridgehead atoms. The molecule has 1 aliphatic rings. The number of benzene rings is 1. The van der Waals surface area contributed by atoms with Gasteiger partial charge in [0.05, 0.1) is 0 Å². The van der Waals surface area contributed by atoms with Crippen LogP contribution < -0.4 is 0 Å². The van der Waals surface area contributed by atoms with Crippen molar-refractivity contribution in [2.45, 2.75) is 26.0 Å². The second-order valence-corrected chi connectivity index (χ2v) is 5.25. The molecule has 1 unspecified atom stereocenters. The van der Waals surface area contributed by atoms with E-state index in [0.717, 1.165) is 17.8 Å². The molecule has 2 rings (SSSR count). The van der Waals surface area contributed by atoms with E-state index in [9.17, 15) is 4.79 Å². The zero-order valence-electron chi connectivity index (χ0n) is 10.4. The third-order valence-electron chi connectivity index (χ3n) is 2.99. The van der Waals surface area contributed by atoms with E-state index in [1.165, 1.54) is 5.56 Å². The summed E-state index contributed by atoms with van der Waals surface area (Å²) in [5.41, 5.74) is 3.36. The van der Waals surface area contributed by atoms with E-state index in [4.69, 9.17) is 0 Å². The Labute approximate surface area is 107 Å². The first-order valence-corrected chi connectivity index (χ1v) is 6.78. The third-order valence-corrected chi connectivity index (χ3v) is 4.21. The molecule has 1 aromatic carbocycles. The molecule has 0 fully saturated rings. The number of nitrogens with zero attached hydrogens (tertiary/aromatic N) is 1. The van der Waals surface area contributed by atoms with Crippen molar-refractivity contribution >= 4 is 17.7 Å². The van der Waals surface area contributed by atoms with Crippen LogP contribution in [-0.2, 0) is 4.79 Å². The molecule has 0 saturated heterocycles. The lowest BCUT2D eigenvalue weighted by atomic mass is 10.1. The van der Waals surface area contributed by atoms with Crippen LogP contribution in [0.2, 0.25) is 0 Å². The number of likely N-dealkylation sites (N-methyl/N-ethyl adjacent to an activating group) is 1. The number of hydrogen-bond donors (Lipinski definition) is 0. The highest BCUT2D eigenvalue weighted by molar-refractivity contribution is 8.03. The fourth-order valence-electron chi connectivity index (χ4n) is 1.97. The number of allylic oxidation sites excluding steroid dienone is 1. The highest BCUT2D eigenvalue weighted by Gasteiger charge is 2.29. The molecule has 1 amide bonds. The maximum atomic E-state index is 12.3. The predicted molar refractivity (Wildman–Crippen MR) is 72.7 cm³/mol. The normalized spacial score (nSPS) is 20.4. The van der Waals surface area contributed by atoms with Gasteiger partial charge in [-0.2, -0.15) is 0 Å². The molecular formula is C14H17NOS. The van der Waals surface area contributed by atoms with Crippen molar-refractivity contribution in [1.82, 2.24) is 4.90 Å². The standard InChI is InChI=1S/C14H17NOS/c1-4-15-11(3)9-17-13(14(15)16)12-7-5-10(2)6-8-12/h5-9,13H,4H2,1-3H3. The second-order valence-electron chi connectivity index (χ2n) is 4.27. The predicted octanol–water partition coefficient (Wildman–Crippen LogP) is 3.49. The molecule has 0 aromatic heterocycles. The maximum Gasteiger partial charge on any atom is 0.244 e. The lowest BCUT2D eigenvalue weighted by Crippen LogP contribution is -2.34. The minimum Gasteiger partial charge on any atom is -0.315 e. The van der Waals surface area contributed by atoms with Gasteiger partial charge in [-0.25, -0.2) is 0 Å². The minimum atomic E-state index is -0.0840. The maximum absolute atomic E-state index is 12.3. The number of carbonyl (C=O) groups excluding carboxylic acids is 1. The average Bonchev–Trinajstić information content (AvgIpc) is 2.31. The molecule has 0 N–H and O–H groups in total. The average molecular weight is 247 g/mol. The number of amides is 1. The number of rotatable bonds is 2. The molecule has 1 heterocycles. The van der Waals surface area contributed by atoms with Crippen molar-refractivity contribution < 1.29 is 4.79 Å². The summed E-state index contributed by atoms with van der Waals surface area (Å²) in [6.07, 6.45) is 0. The van der Waals surface area contributed by atoms with Gasteiger partial charge in [0.2, 0.25) is 5.91 Å². The van der Waals surface area contributed by atoms with E-state index in [0.29, 0.717) is 0 Å². The molecule has 0 aliphatic carbocycles. The first kappa shape index (κ1) is 12.2. The van der Waals surface area contributed by atoms with Crippen LogP contribution in [0.1, 0.15) is 30.2 Å². The molecule has 1 atom stereocenters.